The number of aromatic carboxylic acids is 1. The van der Waals surface area contributed by atoms with Gasteiger partial charge in [-0.3, -0.25) is 5.32 Å². The molecule has 5 nitrogen and oxygen atoms in total. The number of nitrogens with zero attached hydrogens (tertiary/aromatic N) is 2. The van der Waals surface area contributed by atoms with Gasteiger partial charge in [0.15, 0.2) is 11.4 Å². The second-order valence-corrected chi connectivity index (χ2v) is 5.05. The predicted octanol–water partition coefficient (Wildman–Crippen LogP) is 3.47. The minimum absolute atomic E-state index is 0.259. The Morgan fingerprint density at radius 3 is 2.50 bits per heavy atom. The molecule has 6 heteroatoms. The zero-order valence-electron chi connectivity index (χ0n) is 11.8. The van der Waals surface area contributed by atoms with Crippen molar-refractivity contribution in [2.24, 2.45) is 4.99 Å². The van der Waals surface area contributed by atoms with Crippen molar-refractivity contribution in [1.82, 2.24) is 5.32 Å². The monoisotopic (exact) mass is 311 g/mol. The molecule has 0 amide bonds. The first-order valence-corrected chi connectivity index (χ1v) is 7.58. The largest absolute Gasteiger partial charge is 0.478 e. The average Bonchev–Trinajstić information content (AvgIpc) is 2.55. The molecule has 0 bridgehead atoms. The van der Waals surface area contributed by atoms with Crippen molar-refractivity contribution in [2.75, 3.05) is 6.26 Å². The highest BCUT2D eigenvalue weighted by atomic mass is 32.2. The van der Waals surface area contributed by atoms with Crippen molar-refractivity contribution in [2.45, 2.75) is 0 Å². The summed E-state index contributed by atoms with van der Waals surface area (Å²) in [6, 6.07) is 14.0. The first-order chi connectivity index (χ1) is 10.7. The number of thioether (sulfide) groups is 1. The maximum atomic E-state index is 11.3. The molecule has 22 heavy (non-hydrogen) atoms. The number of carbonyl (C=O) groups is 1. The van der Waals surface area contributed by atoms with Crippen LogP contribution in [0.25, 0.3) is 11.1 Å². The second-order valence-electron chi connectivity index (χ2n) is 4.26. The average molecular weight is 311 g/mol. The number of hydrogen-bond acceptors (Lipinski definition) is 4. The lowest BCUT2D eigenvalue weighted by Crippen LogP contribution is -2.12. The fourth-order valence-corrected chi connectivity index (χ4v) is 2.27. The maximum Gasteiger partial charge on any atom is 0.336 e. The van der Waals surface area contributed by atoms with Crippen LogP contribution in [0.15, 0.2) is 53.5 Å². The van der Waals surface area contributed by atoms with E-state index in [1.165, 1.54) is 11.8 Å². The highest BCUT2D eigenvalue weighted by Crippen LogP contribution is 2.26. The molecule has 0 aliphatic carbocycles. The Balaban J connectivity index is 2.34. The fraction of sp³-hybridized carbons (Fsp3) is 0.0625. The molecule has 110 valence electrons. The summed E-state index contributed by atoms with van der Waals surface area (Å²) in [6.07, 6.45) is 3.65. The number of carboxylic acids is 1. The van der Waals surface area contributed by atoms with E-state index >= 15 is 0 Å². The summed E-state index contributed by atoms with van der Waals surface area (Å²) in [7, 11) is 0. The number of amidine groups is 1. The fourth-order valence-electron chi connectivity index (χ4n) is 1.93. The van der Waals surface area contributed by atoms with Crippen LogP contribution in [-0.4, -0.2) is 22.5 Å². The molecule has 0 aliphatic rings. The van der Waals surface area contributed by atoms with E-state index in [0.717, 1.165) is 5.56 Å². The highest BCUT2D eigenvalue weighted by molar-refractivity contribution is 8.13. The molecule has 0 spiro atoms. The predicted molar refractivity (Wildman–Crippen MR) is 88.2 cm³/mol. The van der Waals surface area contributed by atoms with Crippen LogP contribution in [-0.2, 0) is 0 Å². The lowest BCUT2D eigenvalue weighted by Gasteiger charge is -2.06. The van der Waals surface area contributed by atoms with Gasteiger partial charge in [-0.1, -0.05) is 42.1 Å². The van der Waals surface area contributed by atoms with E-state index < -0.39 is 5.97 Å². The van der Waals surface area contributed by atoms with E-state index in [0.29, 0.717) is 16.4 Å². The van der Waals surface area contributed by atoms with Gasteiger partial charge < -0.3 is 5.11 Å². The number of nitriles is 1. The van der Waals surface area contributed by atoms with E-state index in [2.05, 4.69) is 10.3 Å². The quantitative estimate of drug-likeness (QED) is 0.392. The van der Waals surface area contributed by atoms with E-state index in [-0.39, 0.29) is 5.56 Å². The molecule has 0 aromatic heterocycles. The van der Waals surface area contributed by atoms with Gasteiger partial charge in [0.05, 0.1) is 11.3 Å². The van der Waals surface area contributed by atoms with Gasteiger partial charge in [-0.15, -0.1) is 0 Å². The van der Waals surface area contributed by atoms with Crippen molar-refractivity contribution in [1.29, 1.82) is 5.26 Å². The van der Waals surface area contributed by atoms with Crippen LogP contribution in [0.3, 0.4) is 0 Å². The van der Waals surface area contributed by atoms with E-state index in [1.807, 2.05) is 24.6 Å². The van der Waals surface area contributed by atoms with Crippen LogP contribution in [0, 0.1) is 11.5 Å². The number of benzene rings is 2. The first-order valence-electron chi connectivity index (χ1n) is 6.36. The molecule has 0 atom stereocenters. The molecule has 0 aliphatic heterocycles. The molecule has 0 heterocycles. The summed E-state index contributed by atoms with van der Waals surface area (Å²) in [4.78, 5) is 15.5. The van der Waals surface area contributed by atoms with Crippen molar-refractivity contribution in [3.63, 3.8) is 0 Å². The zero-order valence-corrected chi connectivity index (χ0v) is 12.6. The summed E-state index contributed by atoms with van der Waals surface area (Å²) in [5, 5.41) is 20.8. The smallest absolute Gasteiger partial charge is 0.336 e. The third-order valence-electron chi connectivity index (χ3n) is 2.92. The number of carboxylic acid groups (broad SMARTS) is 1. The number of aliphatic imine (C=N–C) groups is 1. The SMILES string of the molecule is CSC(=Nc1ccc(-c2ccccc2C(=O)O)cc1)NC#N. The van der Waals surface area contributed by atoms with Gasteiger partial charge in [0.2, 0.25) is 0 Å². The summed E-state index contributed by atoms with van der Waals surface area (Å²) in [5.74, 6) is -0.958. The lowest BCUT2D eigenvalue weighted by molar-refractivity contribution is 0.0697. The summed E-state index contributed by atoms with van der Waals surface area (Å²) >= 11 is 1.33. The number of hydrogen-bond donors (Lipinski definition) is 2. The minimum atomic E-state index is -0.958. The third kappa shape index (κ3) is 3.65. The molecule has 0 saturated heterocycles. The Bertz CT molecular complexity index is 749. The zero-order chi connectivity index (χ0) is 15.9. The molecule has 0 radical (unpaired) electrons. The van der Waals surface area contributed by atoms with Crippen molar-refractivity contribution in [3.8, 4) is 17.3 Å². The molecule has 2 aromatic rings. The number of nitrogens with one attached hydrogen (secondary N) is 1. The Kier molecular flexibility index (Phi) is 5.17. The molecule has 2 aromatic carbocycles. The Labute approximate surface area is 132 Å². The topological polar surface area (TPSA) is 85.5 Å². The Morgan fingerprint density at radius 1 is 1.23 bits per heavy atom. The number of rotatable bonds is 3. The van der Waals surface area contributed by atoms with Crippen LogP contribution in [0.5, 0.6) is 0 Å². The van der Waals surface area contributed by atoms with Gasteiger partial charge in [0, 0.05) is 0 Å². The Morgan fingerprint density at radius 2 is 1.91 bits per heavy atom. The molecule has 0 fully saturated rings. The van der Waals surface area contributed by atoms with Crippen molar-refractivity contribution in [3.05, 3.63) is 54.1 Å². The van der Waals surface area contributed by atoms with Crippen LogP contribution in [0.1, 0.15) is 10.4 Å². The standard InChI is InChI=1S/C16H13N3O2S/c1-22-16(18-10-17)19-12-8-6-11(7-9-12)13-4-2-3-5-14(13)15(20)21/h2-9H,1H3,(H,18,19)(H,20,21). The summed E-state index contributed by atoms with van der Waals surface area (Å²) in [5.41, 5.74) is 2.40. The van der Waals surface area contributed by atoms with Gasteiger partial charge in [0.25, 0.3) is 0 Å². The van der Waals surface area contributed by atoms with E-state index in [1.54, 1.807) is 36.4 Å². The van der Waals surface area contributed by atoms with Gasteiger partial charge in [-0.25, -0.2) is 9.79 Å². The van der Waals surface area contributed by atoms with Crippen LogP contribution in [0.4, 0.5) is 5.69 Å². The summed E-state index contributed by atoms with van der Waals surface area (Å²) < 4.78 is 0. The first kappa shape index (κ1) is 15.6. The van der Waals surface area contributed by atoms with E-state index in [9.17, 15) is 9.90 Å². The molecule has 0 unspecified atom stereocenters. The molecular formula is C16H13N3O2S. The molecule has 2 rings (SSSR count). The minimum Gasteiger partial charge on any atom is -0.478 e. The normalized spacial score (nSPS) is 10.8. The van der Waals surface area contributed by atoms with E-state index in [4.69, 9.17) is 5.26 Å². The molecule has 2 N–H and O–H groups in total. The highest BCUT2D eigenvalue weighted by Gasteiger charge is 2.10. The van der Waals surface area contributed by atoms with Crippen LogP contribution < -0.4 is 5.32 Å². The van der Waals surface area contributed by atoms with Gasteiger partial charge in [-0.2, -0.15) is 5.26 Å². The second kappa shape index (κ2) is 7.29. The van der Waals surface area contributed by atoms with Gasteiger partial charge in [0.1, 0.15) is 0 Å². The van der Waals surface area contributed by atoms with Crippen LogP contribution in [0.2, 0.25) is 0 Å². The lowest BCUT2D eigenvalue weighted by atomic mass is 10.00. The van der Waals surface area contributed by atoms with Gasteiger partial charge in [-0.05, 0) is 35.6 Å². The van der Waals surface area contributed by atoms with Crippen molar-refractivity contribution >= 4 is 28.6 Å². The molecule has 0 saturated carbocycles. The van der Waals surface area contributed by atoms with Crippen molar-refractivity contribution < 1.29 is 9.90 Å². The third-order valence-corrected chi connectivity index (χ3v) is 3.50. The van der Waals surface area contributed by atoms with Gasteiger partial charge >= 0.3 is 5.97 Å². The maximum absolute atomic E-state index is 11.3. The Hall–Kier alpha value is -2.78. The summed E-state index contributed by atoms with van der Waals surface area (Å²) in [6.45, 7) is 0. The van der Waals surface area contributed by atoms with Crippen LogP contribution >= 0.6 is 11.8 Å². The molecular weight excluding hydrogens is 298 g/mol.